The molecule has 120 valence electrons. The molecule has 1 atom stereocenters. The summed E-state index contributed by atoms with van der Waals surface area (Å²) in [5.74, 6) is 0.996. The molecule has 0 spiro atoms. The molecule has 1 aromatic heterocycles. The Bertz CT molecular complexity index is 633. The molecule has 2 N–H and O–H groups in total. The van der Waals surface area contributed by atoms with Gasteiger partial charge in [-0.3, -0.25) is 4.79 Å². The van der Waals surface area contributed by atoms with Gasteiger partial charge in [0.25, 0.3) is 0 Å². The summed E-state index contributed by atoms with van der Waals surface area (Å²) in [7, 11) is 1.60. The van der Waals surface area contributed by atoms with Gasteiger partial charge in [-0.05, 0) is 24.5 Å². The number of fused-ring (bicyclic) bond motifs is 1. The predicted molar refractivity (Wildman–Crippen MR) is 84.9 cm³/mol. The smallest absolute Gasteiger partial charge is 0.224 e. The zero-order chi connectivity index (χ0) is 16.1. The number of carbonyl (C=O) groups excluding carboxylic acids is 1. The molecule has 2 aromatic rings. The Morgan fingerprint density at radius 2 is 2.18 bits per heavy atom. The van der Waals surface area contributed by atoms with E-state index in [0.29, 0.717) is 17.9 Å². The van der Waals surface area contributed by atoms with Crippen molar-refractivity contribution in [3.8, 4) is 5.75 Å². The van der Waals surface area contributed by atoms with E-state index in [0.717, 1.165) is 16.7 Å². The van der Waals surface area contributed by atoms with Crippen LogP contribution in [0, 0.1) is 5.92 Å². The Labute approximate surface area is 130 Å². The molecule has 0 fully saturated rings. The maximum absolute atomic E-state index is 12.0. The summed E-state index contributed by atoms with van der Waals surface area (Å²) in [6.45, 7) is 4.36. The summed E-state index contributed by atoms with van der Waals surface area (Å²) in [5.41, 5.74) is 1.52. The quantitative estimate of drug-likeness (QED) is 0.824. The number of rotatable bonds is 7. The minimum absolute atomic E-state index is 0.124. The van der Waals surface area contributed by atoms with Crippen LogP contribution in [0.25, 0.3) is 11.0 Å². The summed E-state index contributed by atoms with van der Waals surface area (Å²) in [5, 5.41) is 13.4. The van der Waals surface area contributed by atoms with E-state index >= 15 is 0 Å². The van der Waals surface area contributed by atoms with Gasteiger partial charge >= 0.3 is 0 Å². The molecule has 0 bridgehead atoms. The number of methoxy groups -OCH3 is 1. The summed E-state index contributed by atoms with van der Waals surface area (Å²) in [4.78, 5) is 12.0. The molecule has 1 unspecified atom stereocenters. The summed E-state index contributed by atoms with van der Waals surface area (Å²) < 4.78 is 10.6. The van der Waals surface area contributed by atoms with Crippen molar-refractivity contribution in [1.29, 1.82) is 0 Å². The van der Waals surface area contributed by atoms with Crippen LogP contribution < -0.4 is 10.1 Å². The average molecular weight is 305 g/mol. The Balaban J connectivity index is 1.94. The van der Waals surface area contributed by atoms with E-state index in [1.54, 1.807) is 19.4 Å². The van der Waals surface area contributed by atoms with Gasteiger partial charge in [0.2, 0.25) is 5.91 Å². The second-order valence-corrected chi connectivity index (χ2v) is 5.89. The van der Waals surface area contributed by atoms with Crippen molar-refractivity contribution in [3.05, 3.63) is 30.0 Å². The largest absolute Gasteiger partial charge is 0.497 e. The highest BCUT2D eigenvalue weighted by Gasteiger charge is 2.13. The molecule has 1 heterocycles. The number of amides is 1. The zero-order valence-electron chi connectivity index (χ0n) is 13.3. The van der Waals surface area contributed by atoms with Crippen LogP contribution in [0.5, 0.6) is 5.75 Å². The third kappa shape index (κ3) is 4.24. The molecule has 0 saturated carbocycles. The van der Waals surface area contributed by atoms with Crippen LogP contribution >= 0.6 is 0 Å². The molecule has 22 heavy (non-hydrogen) atoms. The summed E-state index contributed by atoms with van der Waals surface area (Å²) >= 11 is 0. The molecular formula is C17H23NO4. The van der Waals surface area contributed by atoms with Gasteiger partial charge in [0.1, 0.15) is 11.3 Å². The van der Waals surface area contributed by atoms with Gasteiger partial charge in [0.15, 0.2) is 0 Å². The first-order chi connectivity index (χ1) is 10.5. The van der Waals surface area contributed by atoms with Crippen molar-refractivity contribution < 1.29 is 19.1 Å². The summed E-state index contributed by atoms with van der Waals surface area (Å²) in [6.07, 6.45) is 1.99. The number of aliphatic hydroxyl groups is 1. The lowest BCUT2D eigenvalue weighted by Crippen LogP contribution is -2.33. The number of benzene rings is 1. The highest BCUT2D eigenvalue weighted by atomic mass is 16.5. The third-order valence-corrected chi connectivity index (χ3v) is 3.49. The second-order valence-electron chi connectivity index (χ2n) is 5.89. The SMILES string of the molecule is COc1ccc2c(CC(=O)NCC(O)CC(C)C)coc2c1. The normalized spacial score (nSPS) is 12.6. The lowest BCUT2D eigenvalue weighted by Gasteiger charge is -2.13. The Morgan fingerprint density at radius 3 is 2.86 bits per heavy atom. The first-order valence-corrected chi connectivity index (χ1v) is 7.48. The van der Waals surface area contributed by atoms with Crippen LogP contribution in [0.15, 0.2) is 28.9 Å². The third-order valence-electron chi connectivity index (χ3n) is 3.49. The Morgan fingerprint density at radius 1 is 1.41 bits per heavy atom. The maximum Gasteiger partial charge on any atom is 0.224 e. The van der Waals surface area contributed by atoms with Crippen molar-refractivity contribution in [3.63, 3.8) is 0 Å². The molecule has 1 amide bonds. The molecule has 0 radical (unpaired) electrons. The molecule has 5 heteroatoms. The van der Waals surface area contributed by atoms with Crippen molar-refractivity contribution in [1.82, 2.24) is 5.32 Å². The highest BCUT2D eigenvalue weighted by Crippen LogP contribution is 2.25. The minimum Gasteiger partial charge on any atom is -0.497 e. The van der Waals surface area contributed by atoms with Crippen LogP contribution in [0.3, 0.4) is 0 Å². The molecule has 2 rings (SSSR count). The number of furan rings is 1. The first-order valence-electron chi connectivity index (χ1n) is 7.48. The average Bonchev–Trinajstić information content (AvgIpc) is 2.86. The van der Waals surface area contributed by atoms with Gasteiger partial charge in [-0.1, -0.05) is 13.8 Å². The number of ether oxygens (including phenoxy) is 1. The van der Waals surface area contributed by atoms with Gasteiger partial charge in [0.05, 0.1) is 25.9 Å². The predicted octanol–water partition coefficient (Wildman–Crippen LogP) is 2.51. The van der Waals surface area contributed by atoms with Crippen LogP contribution in [0.2, 0.25) is 0 Å². The van der Waals surface area contributed by atoms with Crippen molar-refractivity contribution in [2.75, 3.05) is 13.7 Å². The summed E-state index contributed by atoms with van der Waals surface area (Å²) in [6, 6.07) is 5.52. The number of nitrogens with one attached hydrogen (secondary N) is 1. The zero-order valence-corrected chi connectivity index (χ0v) is 13.3. The fourth-order valence-corrected chi connectivity index (χ4v) is 2.42. The van der Waals surface area contributed by atoms with E-state index < -0.39 is 6.10 Å². The fourth-order valence-electron chi connectivity index (χ4n) is 2.42. The van der Waals surface area contributed by atoms with Crippen molar-refractivity contribution in [2.24, 2.45) is 5.92 Å². The van der Waals surface area contributed by atoms with Crippen LogP contribution in [-0.2, 0) is 11.2 Å². The van der Waals surface area contributed by atoms with Gasteiger partial charge in [-0.25, -0.2) is 0 Å². The Kier molecular flexibility index (Phi) is 5.44. The van der Waals surface area contributed by atoms with Crippen LogP contribution in [-0.4, -0.2) is 30.8 Å². The van der Waals surface area contributed by atoms with Gasteiger partial charge in [-0.15, -0.1) is 0 Å². The lowest BCUT2D eigenvalue weighted by atomic mass is 10.1. The van der Waals surface area contributed by atoms with Gasteiger partial charge in [0, 0.05) is 23.6 Å². The van der Waals surface area contributed by atoms with E-state index in [1.807, 2.05) is 26.0 Å². The first kappa shape index (κ1) is 16.4. The molecule has 0 aliphatic rings. The number of hydrogen-bond donors (Lipinski definition) is 2. The molecule has 1 aromatic carbocycles. The van der Waals surface area contributed by atoms with Crippen LogP contribution in [0.1, 0.15) is 25.8 Å². The number of aliphatic hydroxyl groups excluding tert-OH is 1. The van der Waals surface area contributed by atoms with E-state index in [9.17, 15) is 9.90 Å². The van der Waals surface area contributed by atoms with Crippen LogP contribution in [0.4, 0.5) is 0 Å². The molecule has 0 aliphatic carbocycles. The van der Waals surface area contributed by atoms with Crippen molar-refractivity contribution in [2.45, 2.75) is 32.8 Å². The number of carbonyl (C=O) groups is 1. The second kappa shape index (κ2) is 7.31. The minimum atomic E-state index is -0.505. The maximum atomic E-state index is 12.0. The molecular weight excluding hydrogens is 282 g/mol. The van der Waals surface area contributed by atoms with Crippen molar-refractivity contribution >= 4 is 16.9 Å². The van der Waals surface area contributed by atoms with E-state index in [4.69, 9.17) is 9.15 Å². The molecule has 5 nitrogen and oxygen atoms in total. The van der Waals surface area contributed by atoms with E-state index in [2.05, 4.69) is 5.32 Å². The monoisotopic (exact) mass is 305 g/mol. The molecule has 0 aliphatic heterocycles. The van der Waals surface area contributed by atoms with E-state index in [-0.39, 0.29) is 18.9 Å². The van der Waals surface area contributed by atoms with Gasteiger partial charge < -0.3 is 19.6 Å². The standard InChI is InChI=1S/C17H23NO4/c1-11(2)6-13(19)9-18-17(20)7-12-10-22-16-8-14(21-3)4-5-15(12)16/h4-5,8,10-11,13,19H,6-7,9H2,1-3H3,(H,18,20). The number of hydrogen-bond acceptors (Lipinski definition) is 4. The Hall–Kier alpha value is -2.01. The molecule has 0 saturated heterocycles. The van der Waals surface area contributed by atoms with Gasteiger partial charge in [-0.2, -0.15) is 0 Å². The fraction of sp³-hybridized carbons (Fsp3) is 0.471. The topological polar surface area (TPSA) is 71.7 Å². The van der Waals surface area contributed by atoms with E-state index in [1.165, 1.54) is 0 Å². The highest BCUT2D eigenvalue weighted by molar-refractivity contribution is 5.88. The lowest BCUT2D eigenvalue weighted by molar-refractivity contribution is -0.120.